The Labute approximate surface area is 469 Å². The van der Waals surface area contributed by atoms with E-state index in [2.05, 4.69) is 19.2 Å². The molecule has 446 valence electrons. The molecule has 75 heavy (non-hydrogen) atoms. The molecule has 0 aromatic rings. The van der Waals surface area contributed by atoms with Crippen LogP contribution in [0.25, 0.3) is 0 Å². The molecular weight excluding hydrogens is 923 g/mol. The van der Waals surface area contributed by atoms with Crippen LogP contribution < -0.4 is 5.32 Å². The number of ether oxygens (including phenoxy) is 1. The van der Waals surface area contributed by atoms with E-state index in [-0.39, 0.29) is 18.5 Å². The second-order valence-corrected chi connectivity index (χ2v) is 23.9. The van der Waals surface area contributed by atoms with Gasteiger partial charge in [0.2, 0.25) is 5.91 Å². The van der Waals surface area contributed by atoms with Gasteiger partial charge in [0.25, 0.3) is 0 Å². The third-order valence-corrected chi connectivity index (χ3v) is 16.3. The Hall–Kier alpha value is -1.40. The van der Waals surface area contributed by atoms with E-state index < -0.39 is 12.1 Å². The fraction of sp³-hybridized carbons (Fsp3) is 0.942. The number of unbranched alkanes of at least 4 members (excludes halogenated alkanes) is 54. The first-order chi connectivity index (χ1) is 37.0. The van der Waals surface area contributed by atoms with Gasteiger partial charge in [-0.1, -0.05) is 360 Å². The van der Waals surface area contributed by atoms with Crippen LogP contribution in [-0.2, 0) is 14.3 Å². The van der Waals surface area contributed by atoms with E-state index in [0.717, 1.165) is 38.5 Å². The first-order valence-electron chi connectivity index (χ1n) is 34.5. The molecule has 0 aliphatic carbocycles. The van der Waals surface area contributed by atoms with Gasteiger partial charge in [-0.05, 0) is 32.1 Å². The highest BCUT2D eigenvalue weighted by Crippen LogP contribution is 2.19. The quantitative estimate of drug-likeness (QED) is 0.0320. The summed E-state index contributed by atoms with van der Waals surface area (Å²) in [5, 5.41) is 23.2. The zero-order valence-corrected chi connectivity index (χ0v) is 51.1. The SMILES string of the molecule is CCCCCCCCCCCCCCCCCCCC/C=C/C(O)C(CO)NC(=O)CCCCCCCCCCCCCCCCCCCCCCCCCCOC(=O)CCCCCCCCCCCCCCCC. The van der Waals surface area contributed by atoms with Gasteiger partial charge in [0.15, 0.2) is 0 Å². The van der Waals surface area contributed by atoms with Gasteiger partial charge in [0.05, 0.1) is 25.4 Å². The molecule has 6 heteroatoms. The molecule has 2 unspecified atom stereocenters. The van der Waals surface area contributed by atoms with Crippen LogP contribution in [0.5, 0.6) is 0 Å². The summed E-state index contributed by atoms with van der Waals surface area (Å²) < 4.78 is 5.49. The topological polar surface area (TPSA) is 95.9 Å². The number of aliphatic hydroxyl groups excluding tert-OH is 2. The number of rotatable bonds is 65. The monoisotopic (exact) mass is 1060 g/mol. The van der Waals surface area contributed by atoms with E-state index in [0.29, 0.717) is 19.4 Å². The molecule has 1 amide bonds. The summed E-state index contributed by atoms with van der Waals surface area (Å²) in [6.07, 6.45) is 79.9. The van der Waals surface area contributed by atoms with Gasteiger partial charge in [-0.2, -0.15) is 0 Å². The first-order valence-corrected chi connectivity index (χ1v) is 34.5. The summed E-state index contributed by atoms with van der Waals surface area (Å²) >= 11 is 0. The molecule has 0 saturated heterocycles. The lowest BCUT2D eigenvalue weighted by Crippen LogP contribution is -2.45. The average molecular weight is 1060 g/mol. The number of carbonyl (C=O) groups excluding carboxylic acids is 2. The first kappa shape index (κ1) is 73.6. The molecule has 0 aromatic carbocycles. The molecule has 3 N–H and O–H groups in total. The van der Waals surface area contributed by atoms with Crippen LogP contribution in [0.2, 0.25) is 0 Å². The molecular formula is C69H135NO5. The number of esters is 1. The van der Waals surface area contributed by atoms with Crippen molar-refractivity contribution in [1.29, 1.82) is 0 Å². The molecule has 0 aliphatic heterocycles. The Morgan fingerprint density at radius 3 is 0.907 bits per heavy atom. The minimum Gasteiger partial charge on any atom is -0.466 e. The van der Waals surface area contributed by atoms with Crippen LogP contribution in [0.4, 0.5) is 0 Å². The largest absolute Gasteiger partial charge is 0.466 e. The van der Waals surface area contributed by atoms with Crippen molar-refractivity contribution in [2.24, 2.45) is 0 Å². The molecule has 0 saturated carbocycles. The zero-order valence-electron chi connectivity index (χ0n) is 51.1. The van der Waals surface area contributed by atoms with Gasteiger partial charge in [-0.3, -0.25) is 9.59 Å². The van der Waals surface area contributed by atoms with Crippen molar-refractivity contribution < 1.29 is 24.5 Å². The standard InChI is InChI=1S/C69H135NO5/c1-3-5-7-9-11-13-15-17-19-20-21-28-31-34-37-41-45-49-53-57-61-67(72)66(65-71)70-68(73)62-58-54-50-46-42-38-35-32-29-26-24-22-23-25-27-30-33-36-40-44-48-52-56-60-64-75-69(74)63-59-55-51-47-43-39-18-16-14-12-10-8-6-4-2/h57,61,66-67,71-72H,3-56,58-60,62-65H2,1-2H3,(H,70,73)/b61-57+. The van der Waals surface area contributed by atoms with Crippen LogP contribution in [0, 0.1) is 0 Å². The van der Waals surface area contributed by atoms with Crippen molar-refractivity contribution in [3.05, 3.63) is 12.2 Å². The summed E-state index contributed by atoms with van der Waals surface area (Å²) in [6.45, 7) is 4.95. The zero-order chi connectivity index (χ0) is 54.3. The van der Waals surface area contributed by atoms with Crippen molar-refractivity contribution in [1.82, 2.24) is 5.32 Å². The molecule has 6 nitrogen and oxygen atoms in total. The Morgan fingerprint density at radius 2 is 0.613 bits per heavy atom. The molecule has 0 rings (SSSR count). The van der Waals surface area contributed by atoms with E-state index in [1.807, 2.05) is 6.08 Å². The maximum Gasteiger partial charge on any atom is 0.305 e. The van der Waals surface area contributed by atoms with Crippen LogP contribution in [-0.4, -0.2) is 47.4 Å². The fourth-order valence-electron chi connectivity index (χ4n) is 11.1. The van der Waals surface area contributed by atoms with E-state index in [4.69, 9.17) is 4.74 Å². The smallest absolute Gasteiger partial charge is 0.305 e. The highest BCUT2D eigenvalue weighted by Gasteiger charge is 2.18. The van der Waals surface area contributed by atoms with Crippen molar-refractivity contribution in [3.63, 3.8) is 0 Å². The number of allylic oxidation sites excluding steroid dienone is 1. The summed E-state index contributed by atoms with van der Waals surface area (Å²) in [6, 6.07) is -0.627. The van der Waals surface area contributed by atoms with Crippen LogP contribution in [0.3, 0.4) is 0 Å². The predicted molar refractivity (Wildman–Crippen MR) is 329 cm³/mol. The normalized spacial score (nSPS) is 12.5. The van der Waals surface area contributed by atoms with E-state index >= 15 is 0 Å². The number of nitrogens with one attached hydrogen (secondary N) is 1. The van der Waals surface area contributed by atoms with Gasteiger partial charge in [-0.25, -0.2) is 0 Å². The number of hydrogen-bond donors (Lipinski definition) is 3. The molecule has 0 bridgehead atoms. The maximum atomic E-state index is 12.5. The highest BCUT2D eigenvalue weighted by molar-refractivity contribution is 5.76. The lowest BCUT2D eigenvalue weighted by molar-refractivity contribution is -0.143. The van der Waals surface area contributed by atoms with Crippen molar-refractivity contribution in [2.75, 3.05) is 13.2 Å². The molecule has 0 heterocycles. The molecule has 2 atom stereocenters. The molecule has 0 radical (unpaired) electrons. The second-order valence-electron chi connectivity index (χ2n) is 23.9. The molecule has 0 spiro atoms. The van der Waals surface area contributed by atoms with Crippen molar-refractivity contribution in [3.8, 4) is 0 Å². The maximum absolute atomic E-state index is 12.5. The fourth-order valence-corrected chi connectivity index (χ4v) is 11.1. The number of hydrogen-bond acceptors (Lipinski definition) is 5. The lowest BCUT2D eigenvalue weighted by Gasteiger charge is -2.20. The summed E-state index contributed by atoms with van der Waals surface area (Å²) in [7, 11) is 0. The lowest BCUT2D eigenvalue weighted by atomic mass is 10.0. The minimum atomic E-state index is -0.844. The summed E-state index contributed by atoms with van der Waals surface area (Å²) in [5.74, 6) is -0.0443. The molecule has 0 aromatic heterocycles. The highest BCUT2D eigenvalue weighted by atomic mass is 16.5. The third kappa shape index (κ3) is 61.7. The summed E-state index contributed by atoms with van der Waals surface area (Å²) in [5.41, 5.74) is 0. The second kappa shape index (κ2) is 65.1. The number of aliphatic hydroxyl groups is 2. The number of carbonyl (C=O) groups is 2. The van der Waals surface area contributed by atoms with Gasteiger partial charge in [-0.15, -0.1) is 0 Å². The average Bonchev–Trinajstić information content (AvgIpc) is 3.41. The van der Waals surface area contributed by atoms with Gasteiger partial charge in [0, 0.05) is 12.8 Å². The third-order valence-electron chi connectivity index (χ3n) is 16.3. The van der Waals surface area contributed by atoms with Gasteiger partial charge < -0.3 is 20.3 Å². The van der Waals surface area contributed by atoms with E-state index in [1.165, 1.54) is 327 Å². The Balaban J connectivity index is 3.38. The van der Waals surface area contributed by atoms with E-state index in [1.54, 1.807) is 6.08 Å². The van der Waals surface area contributed by atoms with E-state index in [9.17, 15) is 19.8 Å². The number of amides is 1. The molecule has 0 aliphatic rings. The minimum absolute atomic E-state index is 0.0182. The van der Waals surface area contributed by atoms with Gasteiger partial charge in [0.1, 0.15) is 0 Å². The van der Waals surface area contributed by atoms with Crippen molar-refractivity contribution in [2.45, 2.75) is 405 Å². The van der Waals surface area contributed by atoms with Gasteiger partial charge >= 0.3 is 5.97 Å². The molecule has 0 fully saturated rings. The van der Waals surface area contributed by atoms with Crippen LogP contribution >= 0.6 is 0 Å². The predicted octanol–water partition coefficient (Wildman–Crippen LogP) is 22.0. The van der Waals surface area contributed by atoms with Crippen LogP contribution in [0.15, 0.2) is 12.2 Å². The Bertz CT molecular complexity index is 1130. The van der Waals surface area contributed by atoms with Crippen LogP contribution in [0.1, 0.15) is 393 Å². The summed E-state index contributed by atoms with van der Waals surface area (Å²) in [4.78, 5) is 24.6. The Morgan fingerprint density at radius 1 is 0.360 bits per heavy atom. The Kier molecular flexibility index (Phi) is 63.9. The van der Waals surface area contributed by atoms with Crippen molar-refractivity contribution >= 4 is 11.9 Å².